The summed E-state index contributed by atoms with van der Waals surface area (Å²) in [6.07, 6.45) is 1.46. The van der Waals surface area contributed by atoms with Gasteiger partial charge < -0.3 is 15.7 Å². The molecule has 0 bridgehead atoms. The van der Waals surface area contributed by atoms with Crippen LogP contribution in [-0.4, -0.2) is 32.9 Å². The number of nitrogens with zero attached hydrogens (tertiary/aromatic N) is 4. The molecular formula is C12H15N5O2. The Balaban J connectivity index is 2.31. The summed E-state index contributed by atoms with van der Waals surface area (Å²) in [5, 5.41) is 13.2. The van der Waals surface area contributed by atoms with E-state index in [0.717, 1.165) is 5.82 Å². The number of aryl methyl sites for hydroxylation is 1. The van der Waals surface area contributed by atoms with Gasteiger partial charge in [0, 0.05) is 19.8 Å². The Kier molecular flexibility index (Phi) is 3.37. The molecule has 0 amide bonds. The Hall–Kier alpha value is -2.57. The Bertz CT molecular complexity index is 608. The first kappa shape index (κ1) is 12.9. The summed E-state index contributed by atoms with van der Waals surface area (Å²) in [7, 11) is 3.59. The molecule has 7 nitrogen and oxygen atoms in total. The van der Waals surface area contributed by atoms with Crippen LogP contribution in [0, 0.1) is 0 Å². The molecule has 0 fully saturated rings. The maximum atomic E-state index is 11.2. The number of anilines is 2. The first-order chi connectivity index (χ1) is 8.99. The van der Waals surface area contributed by atoms with Crippen LogP contribution in [0.25, 0.3) is 0 Å². The van der Waals surface area contributed by atoms with Crippen molar-refractivity contribution in [3.8, 4) is 0 Å². The normalized spacial score (nSPS) is 10.4. The highest BCUT2D eigenvalue weighted by atomic mass is 16.4. The van der Waals surface area contributed by atoms with E-state index in [2.05, 4.69) is 10.1 Å². The highest BCUT2D eigenvalue weighted by Gasteiger charge is 2.15. The van der Waals surface area contributed by atoms with Gasteiger partial charge in [0.15, 0.2) is 0 Å². The van der Waals surface area contributed by atoms with Crippen molar-refractivity contribution in [1.29, 1.82) is 0 Å². The molecule has 0 saturated heterocycles. The molecule has 2 rings (SSSR count). The quantitative estimate of drug-likeness (QED) is 0.787. The number of aromatic carboxylic acids is 1. The minimum Gasteiger partial charge on any atom is -0.478 e. The van der Waals surface area contributed by atoms with E-state index in [1.165, 1.54) is 12.4 Å². The molecule has 7 heteroatoms. The van der Waals surface area contributed by atoms with Crippen molar-refractivity contribution in [3.05, 3.63) is 35.9 Å². The molecule has 0 aliphatic rings. The van der Waals surface area contributed by atoms with Crippen molar-refractivity contribution >= 4 is 17.3 Å². The zero-order chi connectivity index (χ0) is 14.0. The highest BCUT2D eigenvalue weighted by molar-refractivity contribution is 5.95. The molecule has 0 atom stereocenters. The number of carboxylic acid groups (broad SMARTS) is 1. The summed E-state index contributed by atoms with van der Waals surface area (Å²) in [5.74, 6) is -0.261. The molecule has 0 aliphatic carbocycles. The molecule has 1 aromatic carbocycles. The monoisotopic (exact) mass is 261 g/mol. The third-order valence-electron chi connectivity index (χ3n) is 2.85. The number of benzene rings is 1. The molecule has 2 aromatic rings. The van der Waals surface area contributed by atoms with E-state index in [4.69, 9.17) is 5.73 Å². The average molecular weight is 261 g/mol. The summed E-state index contributed by atoms with van der Waals surface area (Å²) in [5.41, 5.74) is 6.80. The van der Waals surface area contributed by atoms with E-state index in [1.54, 1.807) is 35.8 Å². The minimum absolute atomic E-state index is 0.171. The SMILES string of the molecule is CN(Cc1ncnn1C)c1ccc(N)cc1C(=O)O. The first-order valence-corrected chi connectivity index (χ1v) is 5.66. The van der Waals surface area contributed by atoms with Gasteiger partial charge in [0.1, 0.15) is 12.2 Å². The number of nitrogen functional groups attached to an aromatic ring is 1. The molecule has 0 spiro atoms. The Labute approximate surface area is 110 Å². The van der Waals surface area contributed by atoms with E-state index in [1.807, 2.05) is 0 Å². The summed E-state index contributed by atoms with van der Waals surface area (Å²) in [4.78, 5) is 17.1. The molecule has 0 saturated carbocycles. The first-order valence-electron chi connectivity index (χ1n) is 5.66. The van der Waals surface area contributed by atoms with Crippen LogP contribution in [0.5, 0.6) is 0 Å². The van der Waals surface area contributed by atoms with E-state index in [9.17, 15) is 9.90 Å². The van der Waals surface area contributed by atoms with Crippen molar-refractivity contribution in [2.24, 2.45) is 7.05 Å². The number of aromatic nitrogens is 3. The van der Waals surface area contributed by atoms with E-state index >= 15 is 0 Å². The molecule has 1 aromatic heterocycles. The summed E-state index contributed by atoms with van der Waals surface area (Å²) >= 11 is 0. The van der Waals surface area contributed by atoms with Crippen LogP contribution in [0.4, 0.5) is 11.4 Å². The fraction of sp³-hybridized carbons (Fsp3) is 0.250. The second kappa shape index (κ2) is 4.97. The van der Waals surface area contributed by atoms with Crippen LogP contribution < -0.4 is 10.6 Å². The largest absolute Gasteiger partial charge is 0.478 e. The van der Waals surface area contributed by atoms with Gasteiger partial charge in [0.2, 0.25) is 0 Å². The fourth-order valence-electron chi connectivity index (χ4n) is 1.82. The molecule has 0 radical (unpaired) electrons. The molecule has 100 valence electrons. The standard InChI is InChI=1S/C12H15N5O2/c1-16(6-11-14-7-15-17(11)2)10-4-3-8(13)5-9(10)12(18)19/h3-5,7H,6,13H2,1-2H3,(H,18,19). The van der Waals surface area contributed by atoms with Gasteiger partial charge in [-0.1, -0.05) is 0 Å². The predicted molar refractivity (Wildman–Crippen MR) is 70.9 cm³/mol. The van der Waals surface area contributed by atoms with Gasteiger partial charge in [0.05, 0.1) is 17.8 Å². The Morgan fingerprint density at radius 2 is 2.26 bits per heavy atom. The third-order valence-corrected chi connectivity index (χ3v) is 2.85. The lowest BCUT2D eigenvalue weighted by molar-refractivity contribution is 0.0697. The van der Waals surface area contributed by atoms with Gasteiger partial charge in [-0.3, -0.25) is 4.68 Å². The van der Waals surface area contributed by atoms with E-state index in [0.29, 0.717) is 17.9 Å². The average Bonchev–Trinajstić information content (AvgIpc) is 2.74. The number of nitrogens with two attached hydrogens (primary N) is 1. The molecule has 3 N–H and O–H groups in total. The van der Waals surface area contributed by atoms with Gasteiger partial charge in [-0.25, -0.2) is 9.78 Å². The minimum atomic E-state index is -1.01. The van der Waals surface area contributed by atoms with Crippen molar-refractivity contribution < 1.29 is 9.90 Å². The second-order valence-corrected chi connectivity index (χ2v) is 4.24. The number of rotatable bonds is 4. The number of carbonyl (C=O) groups is 1. The Morgan fingerprint density at radius 3 is 2.84 bits per heavy atom. The number of hydrogen-bond acceptors (Lipinski definition) is 5. The van der Waals surface area contributed by atoms with E-state index < -0.39 is 5.97 Å². The van der Waals surface area contributed by atoms with Crippen LogP contribution >= 0.6 is 0 Å². The lowest BCUT2D eigenvalue weighted by Crippen LogP contribution is -2.21. The van der Waals surface area contributed by atoms with Gasteiger partial charge in [-0.2, -0.15) is 5.10 Å². The van der Waals surface area contributed by atoms with Crippen LogP contribution in [-0.2, 0) is 13.6 Å². The third kappa shape index (κ3) is 2.65. The van der Waals surface area contributed by atoms with Crippen LogP contribution in [0.3, 0.4) is 0 Å². The van der Waals surface area contributed by atoms with Crippen LogP contribution in [0.2, 0.25) is 0 Å². The van der Waals surface area contributed by atoms with Crippen molar-refractivity contribution in [3.63, 3.8) is 0 Å². The lowest BCUT2D eigenvalue weighted by Gasteiger charge is -2.20. The zero-order valence-corrected chi connectivity index (χ0v) is 10.7. The smallest absolute Gasteiger partial charge is 0.337 e. The maximum Gasteiger partial charge on any atom is 0.337 e. The maximum absolute atomic E-state index is 11.2. The zero-order valence-electron chi connectivity index (χ0n) is 10.7. The van der Waals surface area contributed by atoms with Crippen molar-refractivity contribution in [1.82, 2.24) is 14.8 Å². The van der Waals surface area contributed by atoms with E-state index in [-0.39, 0.29) is 5.56 Å². The van der Waals surface area contributed by atoms with Crippen molar-refractivity contribution in [2.45, 2.75) is 6.54 Å². The Morgan fingerprint density at radius 1 is 1.53 bits per heavy atom. The molecule has 0 aliphatic heterocycles. The fourth-order valence-corrected chi connectivity index (χ4v) is 1.82. The molecular weight excluding hydrogens is 246 g/mol. The summed E-state index contributed by atoms with van der Waals surface area (Å²) < 4.78 is 1.65. The van der Waals surface area contributed by atoms with Crippen molar-refractivity contribution in [2.75, 3.05) is 17.7 Å². The van der Waals surface area contributed by atoms with Gasteiger partial charge in [-0.15, -0.1) is 0 Å². The van der Waals surface area contributed by atoms with Gasteiger partial charge in [0.25, 0.3) is 0 Å². The molecule has 0 unspecified atom stereocenters. The van der Waals surface area contributed by atoms with Crippen LogP contribution in [0.1, 0.15) is 16.2 Å². The van der Waals surface area contributed by atoms with Crippen LogP contribution in [0.15, 0.2) is 24.5 Å². The summed E-state index contributed by atoms with van der Waals surface area (Å²) in [6.45, 7) is 0.459. The summed E-state index contributed by atoms with van der Waals surface area (Å²) in [6, 6.07) is 4.81. The second-order valence-electron chi connectivity index (χ2n) is 4.24. The van der Waals surface area contributed by atoms with Gasteiger partial charge in [-0.05, 0) is 18.2 Å². The molecule has 19 heavy (non-hydrogen) atoms. The predicted octanol–water partition coefficient (Wildman–Crippen LogP) is 0.732. The molecule has 1 heterocycles. The topological polar surface area (TPSA) is 97.3 Å². The number of hydrogen-bond donors (Lipinski definition) is 2. The van der Waals surface area contributed by atoms with Gasteiger partial charge >= 0.3 is 5.97 Å². The highest BCUT2D eigenvalue weighted by Crippen LogP contribution is 2.23. The number of carboxylic acids is 1. The lowest BCUT2D eigenvalue weighted by atomic mass is 10.1.